The number of aryl methyl sites for hydroxylation is 1. The van der Waals surface area contributed by atoms with Crippen molar-refractivity contribution in [2.45, 2.75) is 32.9 Å². The van der Waals surface area contributed by atoms with E-state index in [4.69, 9.17) is 11.6 Å². The molecule has 1 unspecified atom stereocenters. The van der Waals surface area contributed by atoms with Crippen molar-refractivity contribution in [1.82, 2.24) is 9.62 Å². The summed E-state index contributed by atoms with van der Waals surface area (Å²) in [4.78, 5) is 12.2. The van der Waals surface area contributed by atoms with Gasteiger partial charge in [0.05, 0.1) is 5.75 Å². The summed E-state index contributed by atoms with van der Waals surface area (Å²) in [5, 5.41) is 3.39. The Morgan fingerprint density at radius 2 is 2.19 bits per heavy atom. The quantitative estimate of drug-likeness (QED) is 0.913. The number of nitrogens with one attached hydrogen (secondary N) is 1. The summed E-state index contributed by atoms with van der Waals surface area (Å²) in [5.41, 5.74) is 1.85. The van der Waals surface area contributed by atoms with Gasteiger partial charge in [0.15, 0.2) is 0 Å². The molecule has 1 aromatic rings. The first-order valence-corrected chi connectivity index (χ1v) is 8.86. The topological polar surface area (TPSA) is 66.5 Å². The van der Waals surface area contributed by atoms with Gasteiger partial charge in [-0.15, -0.1) is 0 Å². The highest BCUT2D eigenvalue weighted by Crippen LogP contribution is 2.22. The molecule has 1 aliphatic rings. The van der Waals surface area contributed by atoms with Crippen LogP contribution in [0.3, 0.4) is 0 Å². The molecule has 1 saturated heterocycles. The van der Waals surface area contributed by atoms with E-state index >= 15 is 0 Å². The van der Waals surface area contributed by atoms with Crippen molar-refractivity contribution in [2.24, 2.45) is 0 Å². The number of carbonyl (C=O) groups is 1. The SMILES string of the molecule is CCN1C(C(=O)NCc2c(C)cccc2Cl)CCS1(=O)=O. The van der Waals surface area contributed by atoms with Gasteiger partial charge in [0, 0.05) is 18.1 Å². The molecule has 1 N–H and O–H groups in total. The summed E-state index contributed by atoms with van der Waals surface area (Å²) < 4.78 is 24.9. The molecular formula is C14H19ClN2O3S. The number of rotatable bonds is 4. The van der Waals surface area contributed by atoms with E-state index in [-0.39, 0.29) is 11.7 Å². The monoisotopic (exact) mass is 330 g/mol. The Kier molecular flexibility index (Phi) is 4.91. The third kappa shape index (κ3) is 3.39. The van der Waals surface area contributed by atoms with E-state index in [2.05, 4.69) is 5.32 Å². The first kappa shape index (κ1) is 16.3. The summed E-state index contributed by atoms with van der Waals surface area (Å²) in [6, 6.07) is 4.94. The molecule has 1 fully saturated rings. The number of amides is 1. The highest BCUT2D eigenvalue weighted by molar-refractivity contribution is 7.89. The van der Waals surface area contributed by atoms with Crippen LogP contribution in [-0.2, 0) is 21.4 Å². The summed E-state index contributed by atoms with van der Waals surface area (Å²) in [6.07, 6.45) is 0.337. The Labute approximate surface area is 130 Å². The summed E-state index contributed by atoms with van der Waals surface area (Å²) >= 11 is 6.12. The highest BCUT2D eigenvalue weighted by Gasteiger charge is 2.40. The normalized spacial score (nSPS) is 21.4. The van der Waals surface area contributed by atoms with Crippen LogP contribution in [0.4, 0.5) is 0 Å². The lowest BCUT2D eigenvalue weighted by Gasteiger charge is -2.21. The maximum atomic E-state index is 12.2. The molecule has 0 radical (unpaired) electrons. The van der Waals surface area contributed by atoms with Crippen molar-refractivity contribution in [2.75, 3.05) is 12.3 Å². The summed E-state index contributed by atoms with van der Waals surface area (Å²) in [7, 11) is -3.28. The predicted octanol–water partition coefficient (Wildman–Crippen LogP) is 1.69. The van der Waals surface area contributed by atoms with Gasteiger partial charge in [0.2, 0.25) is 15.9 Å². The standard InChI is InChI=1S/C14H19ClN2O3S/c1-3-17-13(7-8-21(17,19)20)14(18)16-9-11-10(2)5-4-6-12(11)15/h4-6,13H,3,7-9H2,1-2H3,(H,16,18). The largest absolute Gasteiger partial charge is 0.351 e. The van der Waals surface area contributed by atoms with Gasteiger partial charge in [-0.1, -0.05) is 30.7 Å². The zero-order chi connectivity index (χ0) is 15.6. The van der Waals surface area contributed by atoms with Gasteiger partial charge in [0.25, 0.3) is 0 Å². The number of likely N-dealkylation sites (N-methyl/N-ethyl adjacent to an activating group) is 1. The van der Waals surface area contributed by atoms with Gasteiger partial charge in [-0.25, -0.2) is 8.42 Å². The molecule has 0 aromatic heterocycles. The van der Waals surface area contributed by atoms with E-state index in [1.54, 1.807) is 13.0 Å². The van der Waals surface area contributed by atoms with E-state index in [0.717, 1.165) is 11.1 Å². The average molecular weight is 331 g/mol. The Hall–Kier alpha value is -1.11. The minimum absolute atomic E-state index is 0.0318. The van der Waals surface area contributed by atoms with Crippen LogP contribution in [0.1, 0.15) is 24.5 Å². The van der Waals surface area contributed by atoms with Crippen LogP contribution in [0.2, 0.25) is 5.02 Å². The molecule has 1 aliphatic heterocycles. The van der Waals surface area contributed by atoms with Crippen LogP contribution in [0.15, 0.2) is 18.2 Å². The average Bonchev–Trinajstić information content (AvgIpc) is 2.72. The van der Waals surface area contributed by atoms with Gasteiger partial charge in [-0.3, -0.25) is 4.79 Å². The van der Waals surface area contributed by atoms with Gasteiger partial charge < -0.3 is 5.32 Å². The molecule has 0 saturated carbocycles. The molecule has 1 aromatic carbocycles. The molecule has 1 atom stereocenters. The Morgan fingerprint density at radius 3 is 2.81 bits per heavy atom. The van der Waals surface area contributed by atoms with Crippen LogP contribution in [0, 0.1) is 6.92 Å². The fourth-order valence-corrected chi connectivity index (χ4v) is 4.60. The number of hydrogen-bond acceptors (Lipinski definition) is 3. The lowest BCUT2D eigenvalue weighted by atomic mass is 10.1. The predicted molar refractivity (Wildman–Crippen MR) is 82.6 cm³/mol. The lowest BCUT2D eigenvalue weighted by molar-refractivity contribution is -0.124. The highest BCUT2D eigenvalue weighted by atomic mass is 35.5. The van der Waals surface area contributed by atoms with E-state index in [0.29, 0.717) is 24.5 Å². The second kappa shape index (κ2) is 6.34. The van der Waals surface area contributed by atoms with Crippen molar-refractivity contribution >= 4 is 27.5 Å². The van der Waals surface area contributed by atoms with Crippen LogP contribution in [0.25, 0.3) is 0 Å². The van der Waals surface area contributed by atoms with Crippen LogP contribution < -0.4 is 5.32 Å². The fraction of sp³-hybridized carbons (Fsp3) is 0.500. The molecule has 0 aliphatic carbocycles. The number of hydrogen-bond donors (Lipinski definition) is 1. The second-order valence-corrected chi connectivity index (χ2v) is 7.53. The van der Waals surface area contributed by atoms with Crippen molar-refractivity contribution < 1.29 is 13.2 Å². The number of halogens is 1. The maximum Gasteiger partial charge on any atom is 0.238 e. The minimum atomic E-state index is -3.28. The van der Waals surface area contributed by atoms with Crippen LogP contribution in [0.5, 0.6) is 0 Å². The lowest BCUT2D eigenvalue weighted by Crippen LogP contribution is -2.44. The van der Waals surface area contributed by atoms with Gasteiger partial charge >= 0.3 is 0 Å². The Bertz CT molecular complexity index is 625. The first-order valence-electron chi connectivity index (χ1n) is 6.88. The molecule has 1 heterocycles. The number of nitrogens with zero attached hydrogens (tertiary/aromatic N) is 1. The zero-order valence-corrected chi connectivity index (χ0v) is 13.7. The number of benzene rings is 1. The zero-order valence-electron chi connectivity index (χ0n) is 12.1. The third-order valence-corrected chi connectivity index (χ3v) is 6.09. The van der Waals surface area contributed by atoms with Crippen molar-refractivity contribution in [3.05, 3.63) is 34.3 Å². The van der Waals surface area contributed by atoms with Crippen LogP contribution in [-0.4, -0.2) is 37.0 Å². The van der Waals surface area contributed by atoms with E-state index in [9.17, 15) is 13.2 Å². The number of carbonyl (C=O) groups excluding carboxylic acids is 1. The molecule has 21 heavy (non-hydrogen) atoms. The fourth-order valence-electron chi connectivity index (χ4n) is 2.58. The summed E-state index contributed by atoms with van der Waals surface area (Å²) in [5.74, 6) is -0.235. The molecule has 116 valence electrons. The first-order chi connectivity index (χ1) is 9.86. The number of sulfonamides is 1. The van der Waals surface area contributed by atoms with Crippen molar-refractivity contribution in [1.29, 1.82) is 0 Å². The van der Waals surface area contributed by atoms with E-state index in [1.165, 1.54) is 4.31 Å². The maximum absolute atomic E-state index is 12.2. The van der Waals surface area contributed by atoms with Gasteiger partial charge in [-0.05, 0) is 30.5 Å². The molecule has 5 nitrogen and oxygen atoms in total. The molecule has 0 bridgehead atoms. The van der Waals surface area contributed by atoms with E-state index < -0.39 is 16.1 Å². The third-order valence-electron chi connectivity index (χ3n) is 3.76. The van der Waals surface area contributed by atoms with Crippen LogP contribution >= 0.6 is 11.6 Å². The Morgan fingerprint density at radius 1 is 1.48 bits per heavy atom. The van der Waals surface area contributed by atoms with E-state index in [1.807, 2.05) is 19.1 Å². The van der Waals surface area contributed by atoms with Crippen molar-refractivity contribution in [3.63, 3.8) is 0 Å². The molecule has 7 heteroatoms. The smallest absolute Gasteiger partial charge is 0.238 e. The molecular weight excluding hydrogens is 312 g/mol. The summed E-state index contributed by atoms with van der Waals surface area (Å²) in [6.45, 7) is 4.27. The Balaban J connectivity index is 2.06. The molecule has 2 rings (SSSR count). The molecule has 0 spiro atoms. The molecule has 1 amide bonds. The minimum Gasteiger partial charge on any atom is -0.351 e. The van der Waals surface area contributed by atoms with Crippen molar-refractivity contribution in [3.8, 4) is 0 Å². The van der Waals surface area contributed by atoms with Gasteiger partial charge in [-0.2, -0.15) is 4.31 Å². The van der Waals surface area contributed by atoms with Gasteiger partial charge in [0.1, 0.15) is 6.04 Å². The second-order valence-electron chi connectivity index (χ2n) is 5.08.